The maximum atomic E-state index is 12.3. The third-order valence-electron chi connectivity index (χ3n) is 3.06. The smallest absolute Gasteiger partial charge is 0.302 e. The number of benzene rings is 1. The molecule has 3 rings (SSSR count). The van der Waals surface area contributed by atoms with E-state index in [-0.39, 0.29) is 28.9 Å². The second kappa shape index (κ2) is 5.06. The first-order valence-corrected chi connectivity index (χ1v) is 6.48. The summed E-state index contributed by atoms with van der Waals surface area (Å²) >= 11 is 0. The summed E-state index contributed by atoms with van der Waals surface area (Å²) in [4.78, 5) is 24.2. The molecule has 2 N–H and O–H groups in total. The topological polar surface area (TPSA) is 92.7 Å². The van der Waals surface area contributed by atoms with Gasteiger partial charge >= 0.3 is 5.78 Å². The molecular weight excluding hydrogens is 274 g/mol. The fourth-order valence-corrected chi connectivity index (χ4v) is 2.04. The van der Waals surface area contributed by atoms with Gasteiger partial charge in [-0.1, -0.05) is 12.1 Å². The second-order valence-electron chi connectivity index (χ2n) is 4.80. The first kappa shape index (κ1) is 13.4. The van der Waals surface area contributed by atoms with Crippen LogP contribution in [-0.4, -0.2) is 23.7 Å². The molecule has 0 aliphatic heterocycles. The van der Waals surface area contributed by atoms with E-state index in [0.29, 0.717) is 11.0 Å². The van der Waals surface area contributed by atoms with E-state index in [4.69, 9.17) is 13.9 Å². The molecule has 1 amide bonds. The minimum Gasteiger partial charge on any atom is -0.425 e. The first-order chi connectivity index (χ1) is 10.1. The van der Waals surface area contributed by atoms with Gasteiger partial charge in [-0.15, -0.1) is 0 Å². The zero-order valence-electron chi connectivity index (χ0n) is 11.3. The third-order valence-corrected chi connectivity index (χ3v) is 3.06. The molecule has 0 bridgehead atoms. The maximum Gasteiger partial charge on any atom is 0.302 e. The number of aliphatic hydroxyl groups is 1. The number of hydrogen-bond acceptors (Lipinski definition) is 5. The number of furan rings is 1. The highest BCUT2D eigenvalue weighted by Gasteiger charge is 2.17. The van der Waals surface area contributed by atoms with Crippen molar-refractivity contribution in [1.29, 1.82) is 0 Å². The van der Waals surface area contributed by atoms with E-state index in [0.717, 1.165) is 0 Å². The number of fused-ring (bicyclic) bond motifs is 2. The number of amides is 1. The molecule has 0 spiro atoms. The van der Waals surface area contributed by atoms with Crippen molar-refractivity contribution in [2.24, 2.45) is 0 Å². The van der Waals surface area contributed by atoms with Gasteiger partial charge in [-0.05, 0) is 19.1 Å². The molecule has 2 heterocycles. The van der Waals surface area contributed by atoms with Crippen LogP contribution in [0.1, 0.15) is 17.5 Å². The number of carbonyl (C=O) groups excluding carboxylic acids is 1. The van der Waals surface area contributed by atoms with Crippen LogP contribution in [0.15, 0.2) is 44.0 Å². The molecule has 1 atom stereocenters. The lowest BCUT2D eigenvalue weighted by Crippen LogP contribution is -2.30. The Balaban J connectivity index is 2.08. The fraction of sp³-hybridized carbons (Fsp3) is 0.200. The van der Waals surface area contributed by atoms with Crippen molar-refractivity contribution in [3.8, 4) is 0 Å². The van der Waals surface area contributed by atoms with Gasteiger partial charge < -0.3 is 19.3 Å². The number of carbonyl (C=O) groups is 1. The van der Waals surface area contributed by atoms with Crippen molar-refractivity contribution < 1.29 is 18.7 Å². The molecule has 0 saturated heterocycles. The Morgan fingerprint density at radius 3 is 2.81 bits per heavy atom. The molecule has 0 aliphatic carbocycles. The van der Waals surface area contributed by atoms with Crippen LogP contribution in [0.3, 0.4) is 0 Å². The van der Waals surface area contributed by atoms with Gasteiger partial charge in [0.2, 0.25) is 5.43 Å². The lowest BCUT2D eigenvalue weighted by molar-refractivity contribution is 0.0897. The molecule has 0 aliphatic rings. The van der Waals surface area contributed by atoms with Crippen molar-refractivity contribution >= 4 is 28.0 Å². The number of rotatable bonds is 3. The molecule has 2 aromatic heterocycles. The lowest BCUT2D eigenvalue weighted by Gasteiger charge is -2.04. The summed E-state index contributed by atoms with van der Waals surface area (Å²) in [6.45, 7) is 1.65. The number of hydrogen-bond donors (Lipinski definition) is 2. The molecule has 0 saturated carbocycles. The number of nitrogens with one attached hydrogen (secondary N) is 1. The predicted molar refractivity (Wildman–Crippen MR) is 76.3 cm³/mol. The quantitative estimate of drug-likeness (QED) is 0.764. The summed E-state index contributed by atoms with van der Waals surface area (Å²) in [7, 11) is 0. The summed E-state index contributed by atoms with van der Waals surface area (Å²) in [6, 6.07) is 8.15. The maximum absolute atomic E-state index is 12.3. The predicted octanol–water partition coefficient (Wildman–Crippen LogP) is 1.65. The van der Waals surface area contributed by atoms with Gasteiger partial charge in [-0.3, -0.25) is 9.59 Å². The van der Waals surface area contributed by atoms with E-state index in [9.17, 15) is 9.59 Å². The first-order valence-electron chi connectivity index (χ1n) is 6.48. The van der Waals surface area contributed by atoms with Gasteiger partial charge in [-0.2, -0.15) is 0 Å². The summed E-state index contributed by atoms with van der Waals surface area (Å²) < 4.78 is 10.8. The van der Waals surface area contributed by atoms with Crippen molar-refractivity contribution in [2.45, 2.75) is 13.0 Å². The zero-order valence-corrected chi connectivity index (χ0v) is 11.3. The molecule has 0 radical (unpaired) electrons. The van der Waals surface area contributed by atoms with E-state index in [1.807, 2.05) is 0 Å². The summed E-state index contributed by atoms with van der Waals surface area (Å²) in [6.07, 6.45) is -0.666. The Labute approximate surface area is 119 Å². The number of para-hydroxylation sites is 1. The van der Waals surface area contributed by atoms with Gasteiger partial charge in [0.15, 0.2) is 5.76 Å². The Kier molecular flexibility index (Phi) is 3.23. The molecule has 21 heavy (non-hydrogen) atoms. The molecular formula is C15H13NO5. The summed E-state index contributed by atoms with van der Waals surface area (Å²) in [5, 5.41) is 12.3. The third kappa shape index (κ3) is 2.41. The Morgan fingerprint density at radius 2 is 2.05 bits per heavy atom. The van der Waals surface area contributed by atoms with Crippen molar-refractivity contribution in [1.82, 2.24) is 5.32 Å². The average Bonchev–Trinajstić information content (AvgIpc) is 2.89. The lowest BCUT2D eigenvalue weighted by atomic mass is 10.2. The Bertz CT molecular complexity index is 875. The minimum absolute atomic E-state index is 0.0147. The Hall–Kier alpha value is -2.60. The van der Waals surface area contributed by atoms with E-state index < -0.39 is 12.0 Å². The van der Waals surface area contributed by atoms with Gasteiger partial charge in [-0.25, -0.2) is 0 Å². The van der Waals surface area contributed by atoms with Gasteiger partial charge in [0.25, 0.3) is 5.91 Å². The molecule has 1 aromatic carbocycles. The highest BCUT2D eigenvalue weighted by molar-refractivity contribution is 5.97. The molecule has 3 aromatic rings. The van der Waals surface area contributed by atoms with Crippen LogP contribution in [0.4, 0.5) is 0 Å². The minimum atomic E-state index is -0.666. The van der Waals surface area contributed by atoms with Crippen LogP contribution >= 0.6 is 0 Å². The van der Waals surface area contributed by atoms with Crippen LogP contribution in [0.25, 0.3) is 22.1 Å². The highest BCUT2D eigenvalue weighted by Crippen LogP contribution is 2.21. The average molecular weight is 287 g/mol. The largest absolute Gasteiger partial charge is 0.425 e. The monoisotopic (exact) mass is 287 g/mol. The Morgan fingerprint density at radius 1 is 1.29 bits per heavy atom. The van der Waals surface area contributed by atoms with Gasteiger partial charge in [0.1, 0.15) is 11.0 Å². The standard InChI is InChI=1S/C15H13NO5/c1-8(17)7-16-14(19)12-6-10-13(18)9-4-2-3-5-11(9)20-15(10)21-12/h2-6,8,17H,7H2,1H3,(H,16,19). The molecule has 0 fully saturated rings. The molecule has 6 heteroatoms. The van der Waals surface area contributed by atoms with Crippen molar-refractivity contribution in [3.63, 3.8) is 0 Å². The van der Waals surface area contributed by atoms with Crippen molar-refractivity contribution in [3.05, 3.63) is 46.3 Å². The van der Waals surface area contributed by atoms with E-state index >= 15 is 0 Å². The van der Waals surface area contributed by atoms with Crippen LogP contribution in [-0.2, 0) is 0 Å². The van der Waals surface area contributed by atoms with Crippen LogP contribution in [0.5, 0.6) is 0 Å². The van der Waals surface area contributed by atoms with Gasteiger partial charge in [0.05, 0.1) is 11.5 Å². The highest BCUT2D eigenvalue weighted by atomic mass is 16.5. The normalized spacial score (nSPS) is 12.7. The van der Waals surface area contributed by atoms with E-state index in [1.54, 1.807) is 31.2 Å². The van der Waals surface area contributed by atoms with E-state index in [1.165, 1.54) is 6.07 Å². The SMILES string of the molecule is CC(O)CNC(=O)c1cc2c(=O)c3ccccc3oc2o1. The van der Waals surface area contributed by atoms with Gasteiger partial charge in [0, 0.05) is 12.6 Å². The zero-order chi connectivity index (χ0) is 15.0. The van der Waals surface area contributed by atoms with Crippen LogP contribution in [0, 0.1) is 0 Å². The van der Waals surface area contributed by atoms with Crippen LogP contribution in [0.2, 0.25) is 0 Å². The second-order valence-corrected chi connectivity index (χ2v) is 4.80. The van der Waals surface area contributed by atoms with Crippen LogP contribution < -0.4 is 10.7 Å². The molecule has 6 nitrogen and oxygen atoms in total. The van der Waals surface area contributed by atoms with E-state index in [2.05, 4.69) is 5.32 Å². The molecule has 108 valence electrons. The fourth-order valence-electron chi connectivity index (χ4n) is 2.04. The summed E-state index contributed by atoms with van der Waals surface area (Å²) in [5.74, 6) is -0.520. The summed E-state index contributed by atoms with van der Waals surface area (Å²) in [5.41, 5.74) is 0.158. The number of aliphatic hydroxyl groups excluding tert-OH is 1. The molecule has 1 unspecified atom stereocenters. The van der Waals surface area contributed by atoms with Crippen molar-refractivity contribution in [2.75, 3.05) is 6.54 Å².